The molecule has 0 unspecified atom stereocenters. The van der Waals surface area contributed by atoms with E-state index >= 15 is 0 Å². The number of hydrogen-bond donors (Lipinski definition) is 1. The second kappa shape index (κ2) is 4.24. The van der Waals surface area contributed by atoms with Crippen molar-refractivity contribution in [2.45, 2.75) is 25.9 Å². The molecule has 1 N–H and O–H groups in total. The van der Waals surface area contributed by atoms with E-state index in [0.29, 0.717) is 12.2 Å². The smallest absolute Gasteiger partial charge is 0.399 e. The summed E-state index contributed by atoms with van der Waals surface area (Å²) in [4.78, 5) is 0. The molecule has 0 fully saturated rings. The van der Waals surface area contributed by atoms with Crippen LogP contribution < -0.4 is 0 Å². The first kappa shape index (κ1) is 10.3. The van der Waals surface area contributed by atoms with Gasteiger partial charge < -0.3 is 9.76 Å². The fourth-order valence-corrected chi connectivity index (χ4v) is 0.669. The number of rotatable bonds is 5. The fraction of sp³-hybridized carbons (Fsp3) is 0.500. The summed E-state index contributed by atoms with van der Waals surface area (Å²) in [7, 11) is 1.44. The molecule has 0 saturated heterocycles. The lowest BCUT2D eigenvalue weighted by atomic mass is 10.0. The van der Waals surface area contributed by atoms with Crippen molar-refractivity contribution in [2.75, 3.05) is 0 Å². The van der Waals surface area contributed by atoms with Gasteiger partial charge in [-0.1, -0.05) is 12.6 Å². The average molecular weight is 153 g/mol. The van der Waals surface area contributed by atoms with Crippen LogP contribution in [0.4, 0.5) is 0 Å². The van der Waals surface area contributed by atoms with Crippen molar-refractivity contribution in [2.24, 2.45) is 0 Å². The maximum atomic E-state index is 9.31. The Balaban J connectivity index is 3.61. The van der Waals surface area contributed by atoms with Crippen molar-refractivity contribution >= 4 is 7.48 Å². The third-order valence-corrected chi connectivity index (χ3v) is 0.961. The SMILES string of the molecule is C=C[B]OC(=C)CC(C)(C)O. The Kier molecular flexibility index (Phi) is 3.97. The summed E-state index contributed by atoms with van der Waals surface area (Å²) in [5, 5.41) is 9.31. The first-order valence-electron chi connectivity index (χ1n) is 3.47. The fourth-order valence-electron chi connectivity index (χ4n) is 0.669. The van der Waals surface area contributed by atoms with Gasteiger partial charge in [-0.05, 0) is 13.8 Å². The van der Waals surface area contributed by atoms with Crippen LogP contribution in [0.25, 0.3) is 0 Å². The molecule has 11 heavy (non-hydrogen) atoms. The molecule has 0 amide bonds. The van der Waals surface area contributed by atoms with Crippen LogP contribution in [-0.4, -0.2) is 18.2 Å². The third-order valence-electron chi connectivity index (χ3n) is 0.961. The molecule has 0 aliphatic carbocycles. The highest BCUT2D eigenvalue weighted by molar-refractivity contribution is 6.34. The van der Waals surface area contributed by atoms with Gasteiger partial charge in [-0.25, -0.2) is 0 Å². The van der Waals surface area contributed by atoms with E-state index < -0.39 is 5.60 Å². The van der Waals surface area contributed by atoms with Crippen LogP contribution in [0.15, 0.2) is 24.9 Å². The van der Waals surface area contributed by atoms with E-state index in [4.69, 9.17) is 4.65 Å². The minimum atomic E-state index is -0.758. The maximum Gasteiger partial charge on any atom is 0.399 e. The van der Waals surface area contributed by atoms with Crippen LogP contribution in [0.5, 0.6) is 0 Å². The minimum absolute atomic E-state index is 0.428. The second-order valence-electron chi connectivity index (χ2n) is 3.02. The van der Waals surface area contributed by atoms with Gasteiger partial charge in [0, 0.05) is 6.42 Å². The normalized spacial score (nSPS) is 10.5. The molecule has 0 bridgehead atoms. The van der Waals surface area contributed by atoms with Crippen molar-refractivity contribution < 1.29 is 9.76 Å². The summed E-state index contributed by atoms with van der Waals surface area (Å²) >= 11 is 0. The van der Waals surface area contributed by atoms with E-state index in [9.17, 15) is 5.11 Å². The lowest BCUT2D eigenvalue weighted by molar-refractivity contribution is 0.0717. The van der Waals surface area contributed by atoms with Gasteiger partial charge in [-0.3, -0.25) is 0 Å². The van der Waals surface area contributed by atoms with Crippen LogP contribution >= 0.6 is 0 Å². The average Bonchev–Trinajstić information content (AvgIpc) is 1.79. The zero-order valence-corrected chi connectivity index (χ0v) is 7.13. The molecule has 0 aliphatic rings. The molecule has 0 saturated carbocycles. The van der Waals surface area contributed by atoms with Crippen molar-refractivity contribution in [3.05, 3.63) is 24.9 Å². The van der Waals surface area contributed by atoms with Gasteiger partial charge in [0.05, 0.1) is 11.4 Å². The molecule has 0 rings (SSSR count). The largest absolute Gasteiger partial charge is 0.561 e. The zero-order valence-electron chi connectivity index (χ0n) is 7.13. The summed E-state index contributed by atoms with van der Waals surface area (Å²) < 4.78 is 4.97. The Hall–Kier alpha value is -0.695. The first-order chi connectivity index (χ1) is 4.95. The van der Waals surface area contributed by atoms with Crippen LogP contribution in [0.1, 0.15) is 20.3 Å². The quantitative estimate of drug-likeness (QED) is 0.478. The van der Waals surface area contributed by atoms with Gasteiger partial charge in [0.15, 0.2) is 0 Å². The molecule has 0 atom stereocenters. The number of aliphatic hydroxyl groups is 1. The molecule has 1 radical (unpaired) electrons. The standard InChI is InChI=1S/C8H14BO2/c1-5-9-11-7(2)6-8(3,4)10/h5,10H,1-2,6H2,3-4H3. The Labute approximate surface area is 68.8 Å². The van der Waals surface area contributed by atoms with Crippen molar-refractivity contribution in [1.82, 2.24) is 0 Å². The molecule has 0 aromatic heterocycles. The van der Waals surface area contributed by atoms with Gasteiger partial charge in [-0.2, -0.15) is 0 Å². The highest BCUT2D eigenvalue weighted by atomic mass is 16.4. The van der Waals surface area contributed by atoms with Gasteiger partial charge in [0.2, 0.25) is 0 Å². The Morgan fingerprint density at radius 2 is 2.27 bits per heavy atom. The van der Waals surface area contributed by atoms with E-state index in [1.54, 1.807) is 13.8 Å². The van der Waals surface area contributed by atoms with Crippen LogP contribution in [0.2, 0.25) is 0 Å². The third kappa shape index (κ3) is 7.20. The van der Waals surface area contributed by atoms with Crippen molar-refractivity contribution in [3.8, 4) is 0 Å². The zero-order chi connectivity index (χ0) is 8.91. The lowest BCUT2D eigenvalue weighted by Crippen LogP contribution is -2.19. The van der Waals surface area contributed by atoms with Gasteiger partial charge in [0.25, 0.3) is 0 Å². The van der Waals surface area contributed by atoms with E-state index in [0.717, 1.165) is 0 Å². The lowest BCUT2D eigenvalue weighted by Gasteiger charge is -2.18. The molecule has 61 valence electrons. The van der Waals surface area contributed by atoms with Crippen molar-refractivity contribution in [3.63, 3.8) is 0 Å². The summed E-state index contributed by atoms with van der Waals surface area (Å²) in [5.74, 6) is 2.06. The van der Waals surface area contributed by atoms with Gasteiger partial charge >= 0.3 is 7.48 Å². The highest BCUT2D eigenvalue weighted by Crippen LogP contribution is 2.13. The summed E-state index contributed by atoms with van der Waals surface area (Å²) in [6.45, 7) is 10.5. The van der Waals surface area contributed by atoms with E-state index in [1.807, 2.05) is 0 Å². The molecule has 0 aromatic rings. The minimum Gasteiger partial charge on any atom is -0.561 e. The molecule has 0 heterocycles. The van der Waals surface area contributed by atoms with Gasteiger partial charge in [-0.15, -0.1) is 6.58 Å². The molecule has 3 heteroatoms. The number of hydrogen-bond acceptors (Lipinski definition) is 2. The van der Waals surface area contributed by atoms with E-state index in [2.05, 4.69) is 13.2 Å². The van der Waals surface area contributed by atoms with Crippen LogP contribution in [0.3, 0.4) is 0 Å². The van der Waals surface area contributed by atoms with Crippen molar-refractivity contribution in [1.29, 1.82) is 0 Å². The summed E-state index contributed by atoms with van der Waals surface area (Å²) in [5.41, 5.74) is -0.758. The molecular formula is C8H14BO2. The first-order valence-corrected chi connectivity index (χ1v) is 3.47. The second-order valence-corrected chi connectivity index (χ2v) is 3.02. The molecular weight excluding hydrogens is 139 g/mol. The van der Waals surface area contributed by atoms with Crippen LogP contribution in [-0.2, 0) is 4.65 Å². The molecule has 0 spiro atoms. The monoisotopic (exact) mass is 153 g/mol. The maximum absolute atomic E-state index is 9.31. The Morgan fingerprint density at radius 3 is 2.64 bits per heavy atom. The topological polar surface area (TPSA) is 29.5 Å². The predicted molar refractivity (Wildman–Crippen MR) is 47.1 cm³/mol. The predicted octanol–water partition coefficient (Wildman–Crippen LogP) is 1.44. The molecule has 2 nitrogen and oxygen atoms in total. The van der Waals surface area contributed by atoms with Crippen LogP contribution in [0, 0.1) is 0 Å². The molecule has 0 aliphatic heterocycles. The van der Waals surface area contributed by atoms with E-state index in [-0.39, 0.29) is 0 Å². The summed E-state index contributed by atoms with van der Waals surface area (Å²) in [6.07, 6.45) is 0.428. The van der Waals surface area contributed by atoms with E-state index in [1.165, 1.54) is 13.5 Å². The van der Waals surface area contributed by atoms with Gasteiger partial charge in [0.1, 0.15) is 0 Å². The summed E-state index contributed by atoms with van der Waals surface area (Å²) in [6, 6.07) is 0. The Bertz CT molecular complexity index is 147. The molecule has 0 aromatic carbocycles. The highest BCUT2D eigenvalue weighted by Gasteiger charge is 2.14. The Morgan fingerprint density at radius 1 is 1.73 bits per heavy atom.